The zero-order chi connectivity index (χ0) is 18.3. The molecule has 0 fully saturated rings. The van der Waals surface area contributed by atoms with E-state index in [0.717, 1.165) is 11.1 Å². The van der Waals surface area contributed by atoms with Crippen molar-refractivity contribution in [1.82, 2.24) is 14.6 Å². The molecule has 0 aliphatic heterocycles. The molecule has 4 rings (SSSR count). The summed E-state index contributed by atoms with van der Waals surface area (Å²) in [7, 11) is 0. The Morgan fingerprint density at radius 1 is 1.00 bits per heavy atom. The lowest BCUT2D eigenvalue weighted by Crippen LogP contribution is -2.01. The van der Waals surface area contributed by atoms with E-state index >= 15 is 0 Å². The van der Waals surface area contributed by atoms with Gasteiger partial charge in [0.05, 0.1) is 11.4 Å². The molecule has 1 N–H and O–H groups in total. The maximum atomic E-state index is 11.3. The summed E-state index contributed by atoms with van der Waals surface area (Å²) < 4.78 is 1.48. The standard InChI is InChI=1S/C19H11Cl2N3O2/c20-12-5-3-4-11(8-12)15-9-17(13-6-1-2-7-14(13)21)24-18(22-15)10-16(23-24)19(25)26/h1-10H,(H,25,26). The van der Waals surface area contributed by atoms with Gasteiger partial charge in [-0.1, -0.05) is 53.5 Å². The molecule has 0 radical (unpaired) electrons. The van der Waals surface area contributed by atoms with Crippen LogP contribution in [-0.4, -0.2) is 25.7 Å². The Morgan fingerprint density at radius 2 is 1.81 bits per heavy atom. The van der Waals surface area contributed by atoms with Crippen molar-refractivity contribution in [2.45, 2.75) is 0 Å². The Bertz CT molecular complexity index is 1150. The first-order chi connectivity index (χ1) is 12.5. The van der Waals surface area contributed by atoms with Crippen LogP contribution >= 0.6 is 23.2 Å². The summed E-state index contributed by atoms with van der Waals surface area (Å²) in [6, 6.07) is 17.8. The molecule has 26 heavy (non-hydrogen) atoms. The highest BCUT2D eigenvalue weighted by Crippen LogP contribution is 2.31. The highest BCUT2D eigenvalue weighted by atomic mass is 35.5. The topological polar surface area (TPSA) is 67.5 Å². The zero-order valence-corrected chi connectivity index (χ0v) is 14.7. The Kier molecular flexibility index (Phi) is 4.11. The number of benzene rings is 2. The highest BCUT2D eigenvalue weighted by molar-refractivity contribution is 6.33. The van der Waals surface area contributed by atoms with Gasteiger partial charge in [-0.2, -0.15) is 5.10 Å². The normalized spacial score (nSPS) is 11.0. The maximum absolute atomic E-state index is 11.3. The number of rotatable bonds is 3. The van der Waals surface area contributed by atoms with Crippen molar-refractivity contribution in [3.8, 4) is 22.5 Å². The lowest BCUT2D eigenvalue weighted by atomic mass is 10.1. The van der Waals surface area contributed by atoms with Crippen LogP contribution in [0.1, 0.15) is 10.5 Å². The van der Waals surface area contributed by atoms with Crippen LogP contribution < -0.4 is 0 Å². The Hall–Kier alpha value is -2.89. The van der Waals surface area contributed by atoms with E-state index in [1.165, 1.54) is 10.6 Å². The lowest BCUT2D eigenvalue weighted by Gasteiger charge is -2.10. The van der Waals surface area contributed by atoms with Gasteiger partial charge in [0.2, 0.25) is 0 Å². The number of hydrogen-bond donors (Lipinski definition) is 1. The molecule has 0 amide bonds. The minimum absolute atomic E-state index is 0.0888. The summed E-state index contributed by atoms with van der Waals surface area (Å²) in [5, 5.41) is 14.5. The van der Waals surface area contributed by atoms with Gasteiger partial charge >= 0.3 is 5.97 Å². The number of carboxylic acids is 1. The van der Waals surface area contributed by atoms with Crippen molar-refractivity contribution >= 4 is 34.8 Å². The van der Waals surface area contributed by atoms with E-state index < -0.39 is 5.97 Å². The minimum Gasteiger partial charge on any atom is -0.476 e. The van der Waals surface area contributed by atoms with Gasteiger partial charge in [0, 0.05) is 27.2 Å². The van der Waals surface area contributed by atoms with E-state index in [0.29, 0.717) is 27.1 Å². The number of nitrogens with zero attached hydrogens (tertiary/aromatic N) is 3. The number of aromatic carboxylic acids is 1. The fourth-order valence-electron chi connectivity index (χ4n) is 2.74. The summed E-state index contributed by atoms with van der Waals surface area (Å²) in [6.07, 6.45) is 0. The Balaban J connectivity index is 2.04. The molecule has 0 unspecified atom stereocenters. The summed E-state index contributed by atoms with van der Waals surface area (Å²) in [4.78, 5) is 15.9. The number of aromatic nitrogens is 3. The van der Waals surface area contributed by atoms with E-state index in [-0.39, 0.29) is 5.69 Å². The van der Waals surface area contributed by atoms with Gasteiger partial charge in [0.1, 0.15) is 0 Å². The smallest absolute Gasteiger partial charge is 0.356 e. The van der Waals surface area contributed by atoms with E-state index in [4.69, 9.17) is 23.2 Å². The number of halogens is 2. The molecular formula is C19H11Cl2N3O2. The molecule has 0 saturated heterocycles. The van der Waals surface area contributed by atoms with Crippen molar-refractivity contribution < 1.29 is 9.90 Å². The Labute approximate surface area is 158 Å². The molecule has 0 aliphatic carbocycles. The third-order valence-electron chi connectivity index (χ3n) is 3.92. The van der Waals surface area contributed by atoms with Gasteiger partial charge in [-0.3, -0.25) is 0 Å². The average molecular weight is 384 g/mol. The second-order valence-electron chi connectivity index (χ2n) is 5.62. The van der Waals surface area contributed by atoms with Gasteiger partial charge in [-0.05, 0) is 24.3 Å². The maximum Gasteiger partial charge on any atom is 0.356 e. The van der Waals surface area contributed by atoms with Crippen LogP contribution in [0.15, 0.2) is 60.7 Å². The SMILES string of the molecule is O=C(O)c1cc2nc(-c3cccc(Cl)c3)cc(-c3ccccc3Cl)n2n1. The van der Waals surface area contributed by atoms with Gasteiger partial charge < -0.3 is 5.11 Å². The van der Waals surface area contributed by atoms with Crippen molar-refractivity contribution in [3.63, 3.8) is 0 Å². The fourth-order valence-corrected chi connectivity index (χ4v) is 3.16. The van der Waals surface area contributed by atoms with E-state index in [1.54, 1.807) is 18.2 Å². The summed E-state index contributed by atoms with van der Waals surface area (Å²) in [6.45, 7) is 0. The first-order valence-electron chi connectivity index (χ1n) is 7.68. The molecule has 0 atom stereocenters. The van der Waals surface area contributed by atoms with Crippen LogP contribution in [0.3, 0.4) is 0 Å². The van der Waals surface area contributed by atoms with Crippen LogP contribution in [0.5, 0.6) is 0 Å². The van der Waals surface area contributed by atoms with Gasteiger partial charge in [-0.25, -0.2) is 14.3 Å². The number of carbonyl (C=O) groups is 1. The molecular weight excluding hydrogens is 373 g/mol. The van der Waals surface area contributed by atoms with Crippen molar-refractivity contribution in [2.24, 2.45) is 0 Å². The zero-order valence-electron chi connectivity index (χ0n) is 13.2. The second kappa shape index (κ2) is 6.44. The third-order valence-corrected chi connectivity index (χ3v) is 4.48. The third kappa shape index (κ3) is 2.92. The predicted octanol–water partition coefficient (Wildman–Crippen LogP) is 5.07. The first kappa shape index (κ1) is 16.6. The van der Waals surface area contributed by atoms with Gasteiger partial charge in [0.15, 0.2) is 11.3 Å². The van der Waals surface area contributed by atoms with Crippen LogP contribution in [0.25, 0.3) is 28.2 Å². The minimum atomic E-state index is -1.12. The predicted molar refractivity (Wildman–Crippen MR) is 101 cm³/mol. The molecule has 2 heterocycles. The van der Waals surface area contributed by atoms with Crippen LogP contribution in [-0.2, 0) is 0 Å². The molecule has 0 bridgehead atoms. The van der Waals surface area contributed by atoms with Crippen molar-refractivity contribution in [1.29, 1.82) is 0 Å². The molecule has 0 spiro atoms. The fraction of sp³-hybridized carbons (Fsp3) is 0. The summed E-state index contributed by atoms with van der Waals surface area (Å²) >= 11 is 12.4. The molecule has 0 aliphatic rings. The molecule has 4 aromatic rings. The van der Waals surface area contributed by atoms with E-state index in [9.17, 15) is 9.90 Å². The van der Waals surface area contributed by atoms with Crippen molar-refractivity contribution in [3.05, 3.63) is 76.4 Å². The quantitative estimate of drug-likeness (QED) is 0.536. The molecule has 0 saturated carbocycles. The molecule has 2 aromatic carbocycles. The van der Waals surface area contributed by atoms with Crippen molar-refractivity contribution in [2.75, 3.05) is 0 Å². The number of hydrogen-bond acceptors (Lipinski definition) is 3. The average Bonchev–Trinajstić information content (AvgIpc) is 3.06. The van der Waals surface area contributed by atoms with Crippen LogP contribution in [0, 0.1) is 0 Å². The second-order valence-corrected chi connectivity index (χ2v) is 6.47. The number of carboxylic acid groups (broad SMARTS) is 1. The van der Waals surface area contributed by atoms with Crippen LogP contribution in [0.4, 0.5) is 0 Å². The molecule has 7 heteroatoms. The largest absolute Gasteiger partial charge is 0.476 e. The Morgan fingerprint density at radius 3 is 2.54 bits per heavy atom. The first-order valence-corrected chi connectivity index (χ1v) is 8.43. The van der Waals surface area contributed by atoms with Gasteiger partial charge in [-0.15, -0.1) is 0 Å². The summed E-state index contributed by atoms with van der Waals surface area (Å²) in [5.74, 6) is -1.12. The summed E-state index contributed by atoms with van der Waals surface area (Å²) in [5.41, 5.74) is 3.15. The van der Waals surface area contributed by atoms with E-state index in [1.807, 2.05) is 36.4 Å². The monoisotopic (exact) mass is 383 g/mol. The number of fused-ring (bicyclic) bond motifs is 1. The molecule has 5 nitrogen and oxygen atoms in total. The highest BCUT2D eigenvalue weighted by Gasteiger charge is 2.17. The molecule has 128 valence electrons. The molecule has 2 aromatic heterocycles. The van der Waals surface area contributed by atoms with Gasteiger partial charge in [0.25, 0.3) is 0 Å². The lowest BCUT2D eigenvalue weighted by molar-refractivity contribution is 0.0690. The van der Waals surface area contributed by atoms with E-state index in [2.05, 4.69) is 10.1 Å². The van der Waals surface area contributed by atoms with Crippen LogP contribution in [0.2, 0.25) is 10.0 Å².